The first-order valence-corrected chi connectivity index (χ1v) is 28.1. The Balaban J connectivity index is 0.686. The fourth-order valence-corrected chi connectivity index (χ4v) is 13.8. The molecule has 0 aliphatic heterocycles. The van der Waals surface area contributed by atoms with E-state index in [1.165, 1.54) is 43.6 Å². The van der Waals surface area contributed by atoms with E-state index in [-0.39, 0.29) is 9.79 Å². The molecule has 0 saturated carbocycles. The molecule has 0 amide bonds. The molecule has 0 unspecified atom stereocenters. The van der Waals surface area contributed by atoms with Crippen molar-refractivity contribution in [2.24, 2.45) is 0 Å². The third-order valence-corrected chi connectivity index (χ3v) is 18.0. The maximum Gasteiger partial charge on any atom is 0.206 e. The Bertz CT molecular complexity index is 4800. The molecule has 7 heteroatoms. The van der Waals surface area contributed by atoms with Gasteiger partial charge in [-0.15, -0.1) is 0 Å². The maximum absolute atomic E-state index is 14.4. The van der Waals surface area contributed by atoms with Crippen molar-refractivity contribution in [3.63, 3.8) is 0 Å². The van der Waals surface area contributed by atoms with E-state index < -0.39 is 9.84 Å². The fraction of sp³-hybridized carbons (Fsp3) is 0. The highest BCUT2D eigenvalue weighted by Crippen LogP contribution is 2.40. The highest BCUT2D eigenvalue weighted by atomic mass is 32.2. The molecule has 0 atom stereocenters. The van der Waals surface area contributed by atoms with Crippen molar-refractivity contribution in [3.8, 4) is 45.0 Å². The molecule has 12 aromatic carbocycles. The lowest BCUT2D eigenvalue weighted by molar-refractivity contribution is 0.596. The van der Waals surface area contributed by atoms with Gasteiger partial charge in [-0.1, -0.05) is 146 Å². The SMILES string of the molecule is O=S(=O)(c1ccc(-n2c3ccccc3c3cc(-c4ccc(-n5c6ccccc6c6ccccc65)cc4)ccc32)cc1)c1ccc(-n2c3ccccc3c3cc(-c4ccc(-n5c6ccccc6c6ccccc65)cc4)ccc32)cc1. The van der Waals surface area contributed by atoms with Crippen LogP contribution < -0.4 is 0 Å². The van der Waals surface area contributed by atoms with E-state index >= 15 is 0 Å². The number of sulfone groups is 1. The van der Waals surface area contributed by atoms with Crippen molar-refractivity contribution in [2.75, 3.05) is 0 Å². The van der Waals surface area contributed by atoms with Gasteiger partial charge in [-0.2, -0.15) is 0 Å². The number of aromatic nitrogens is 4. The summed E-state index contributed by atoms with van der Waals surface area (Å²) in [5.74, 6) is 0. The second-order valence-corrected chi connectivity index (χ2v) is 22.4. The van der Waals surface area contributed by atoms with Crippen LogP contribution in [0.1, 0.15) is 0 Å². The van der Waals surface area contributed by atoms with Crippen LogP contribution in [0.2, 0.25) is 0 Å². The van der Waals surface area contributed by atoms with Crippen molar-refractivity contribution >= 4 is 97.1 Å². The zero-order valence-corrected chi connectivity index (χ0v) is 43.4. The van der Waals surface area contributed by atoms with E-state index in [9.17, 15) is 8.42 Å². The molecular formula is C72H46N4O2S. The normalized spacial score (nSPS) is 12.2. The quantitative estimate of drug-likeness (QED) is 0.152. The van der Waals surface area contributed by atoms with E-state index in [4.69, 9.17) is 0 Å². The van der Waals surface area contributed by atoms with Crippen molar-refractivity contribution in [1.82, 2.24) is 18.3 Å². The second-order valence-electron chi connectivity index (χ2n) is 20.5. The molecule has 372 valence electrons. The topological polar surface area (TPSA) is 53.9 Å². The molecule has 0 spiro atoms. The van der Waals surface area contributed by atoms with Crippen molar-refractivity contribution in [3.05, 3.63) is 279 Å². The Kier molecular flexibility index (Phi) is 9.92. The van der Waals surface area contributed by atoms with Gasteiger partial charge in [0, 0.05) is 65.8 Å². The molecule has 4 heterocycles. The number of para-hydroxylation sites is 6. The third-order valence-electron chi connectivity index (χ3n) is 16.2. The summed E-state index contributed by atoms with van der Waals surface area (Å²) in [5.41, 5.74) is 17.4. The number of benzene rings is 12. The minimum Gasteiger partial charge on any atom is -0.309 e. The van der Waals surface area contributed by atoms with Crippen LogP contribution in [0, 0.1) is 0 Å². The second kappa shape index (κ2) is 17.4. The lowest BCUT2D eigenvalue weighted by Crippen LogP contribution is -2.03. The highest BCUT2D eigenvalue weighted by Gasteiger charge is 2.22. The molecular weight excluding hydrogens is 985 g/mol. The van der Waals surface area contributed by atoms with Crippen LogP contribution in [0.25, 0.3) is 132 Å². The van der Waals surface area contributed by atoms with Gasteiger partial charge in [-0.05, 0) is 156 Å². The lowest BCUT2D eigenvalue weighted by Gasteiger charge is -2.12. The van der Waals surface area contributed by atoms with E-state index in [0.717, 1.165) is 88.6 Å². The van der Waals surface area contributed by atoms with E-state index in [2.05, 4.69) is 249 Å². The first kappa shape index (κ1) is 45.0. The Labute approximate surface area is 455 Å². The number of hydrogen-bond acceptors (Lipinski definition) is 2. The summed E-state index contributed by atoms with van der Waals surface area (Å²) >= 11 is 0. The molecule has 0 N–H and O–H groups in total. The van der Waals surface area contributed by atoms with Crippen LogP contribution in [0.15, 0.2) is 289 Å². The van der Waals surface area contributed by atoms with Gasteiger partial charge in [0.1, 0.15) is 0 Å². The van der Waals surface area contributed by atoms with Gasteiger partial charge in [0.2, 0.25) is 9.84 Å². The number of nitrogens with zero attached hydrogens (tertiary/aromatic N) is 4. The zero-order chi connectivity index (χ0) is 52.3. The van der Waals surface area contributed by atoms with Gasteiger partial charge in [0.05, 0.1) is 53.9 Å². The lowest BCUT2D eigenvalue weighted by atomic mass is 10.0. The van der Waals surface area contributed by atoms with Gasteiger partial charge in [-0.3, -0.25) is 0 Å². The van der Waals surface area contributed by atoms with Crippen LogP contribution in [-0.2, 0) is 9.84 Å². The molecule has 4 aromatic heterocycles. The summed E-state index contributed by atoms with van der Waals surface area (Å²) in [4.78, 5) is 0.479. The summed E-state index contributed by atoms with van der Waals surface area (Å²) in [7, 11) is -3.85. The molecule has 0 saturated heterocycles. The van der Waals surface area contributed by atoms with Gasteiger partial charge in [0.15, 0.2) is 0 Å². The van der Waals surface area contributed by atoms with Gasteiger partial charge >= 0.3 is 0 Å². The van der Waals surface area contributed by atoms with Crippen LogP contribution in [0.5, 0.6) is 0 Å². The Morgan fingerprint density at radius 3 is 0.696 bits per heavy atom. The summed E-state index contributed by atoms with van der Waals surface area (Å²) in [5, 5.41) is 9.48. The van der Waals surface area contributed by atoms with Crippen LogP contribution in [0.3, 0.4) is 0 Å². The standard InChI is InChI=1S/C72H46N4O2S/c77-79(78,55-39-35-53(36-40-55)75-69-23-11-5-17-61(69)63-45-49(29-43-71(63)75)47-25-31-51(32-26-47)73-65-19-7-1-13-57(65)58-14-2-8-20-66(58)73)56-41-37-54(38-42-56)76-70-24-12-6-18-62(70)64-46-50(30-44-72(64)76)48-27-33-52(34-28-48)74-67-21-9-3-15-59(67)60-16-4-10-22-68(60)74/h1-46H. The Morgan fingerprint density at radius 1 is 0.203 bits per heavy atom. The first-order chi connectivity index (χ1) is 38.9. The Hall–Kier alpha value is -10.2. The molecule has 16 rings (SSSR count). The molecule has 0 aliphatic carbocycles. The molecule has 16 aromatic rings. The summed E-state index contributed by atoms with van der Waals surface area (Å²) in [6, 6.07) is 96.7. The number of fused-ring (bicyclic) bond motifs is 12. The molecule has 0 bridgehead atoms. The Morgan fingerprint density at radius 2 is 0.418 bits per heavy atom. The minimum atomic E-state index is -3.85. The van der Waals surface area contributed by atoms with E-state index in [1.807, 2.05) is 24.3 Å². The average Bonchev–Trinajstić information content (AvgIpc) is 4.43. The summed E-state index contributed by atoms with van der Waals surface area (Å²) in [6.07, 6.45) is 0. The van der Waals surface area contributed by atoms with Crippen LogP contribution >= 0.6 is 0 Å². The molecule has 0 radical (unpaired) electrons. The first-order valence-electron chi connectivity index (χ1n) is 26.7. The van der Waals surface area contributed by atoms with Crippen molar-refractivity contribution < 1.29 is 8.42 Å². The number of rotatable bonds is 8. The predicted molar refractivity (Wildman–Crippen MR) is 327 cm³/mol. The monoisotopic (exact) mass is 1030 g/mol. The van der Waals surface area contributed by atoms with E-state index in [0.29, 0.717) is 0 Å². The molecule has 0 aliphatic rings. The van der Waals surface area contributed by atoms with Gasteiger partial charge in [-0.25, -0.2) is 8.42 Å². The van der Waals surface area contributed by atoms with Gasteiger partial charge in [0.25, 0.3) is 0 Å². The smallest absolute Gasteiger partial charge is 0.206 e. The highest BCUT2D eigenvalue weighted by molar-refractivity contribution is 7.91. The fourth-order valence-electron chi connectivity index (χ4n) is 12.6. The molecule has 0 fully saturated rings. The maximum atomic E-state index is 14.4. The third kappa shape index (κ3) is 6.93. The summed E-state index contributed by atoms with van der Waals surface area (Å²) in [6.45, 7) is 0. The van der Waals surface area contributed by atoms with E-state index in [1.54, 1.807) is 24.3 Å². The predicted octanol–water partition coefficient (Wildman–Crippen LogP) is 18.2. The molecule has 6 nitrogen and oxygen atoms in total. The van der Waals surface area contributed by atoms with Crippen LogP contribution in [-0.4, -0.2) is 26.7 Å². The van der Waals surface area contributed by atoms with Gasteiger partial charge < -0.3 is 18.3 Å². The zero-order valence-electron chi connectivity index (χ0n) is 42.6. The summed E-state index contributed by atoms with van der Waals surface area (Å²) < 4.78 is 38.0. The van der Waals surface area contributed by atoms with Crippen molar-refractivity contribution in [1.29, 1.82) is 0 Å². The van der Waals surface area contributed by atoms with Crippen molar-refractivity contribution in [2.45, 2.75) is 9.79 Å². The van der Waals surface area contributed by atoms with Crippen LogP contribution in [0.4, 0.5) is 0 Å². The molecule has 79 heavy (non-hydrogen) atoms. The minimum absolute atomic E-state index is 0.240. The number of hydrogen-bond donors (Lipinski definition) is 0. The largest absolute Gasteiger partial charge is 0.309 e. The average molecular weight is 1030 g/mol.